The van der Waals surface area contributed by atoms with E-state index in [2.05, 4.69) is 0 Å². The summed E-state index contributed by atoms with van der Waals surface area (Å²) >= 11 is 0. The van der Waals surface area contributed by atoms with Gasteiger partial charge in [0, 0.05) is 0 Å². The molecule has 0 radical (unpaired) electrons. The predicted octanol–water partition coefficient (Wildman–Crippen LogP) is 2.35. The van der Waals surface area contributed by atoms with Crippen molar-refractivity contribution in [1.29, 1.82) is 0 Å². The summed E-state index contributed by atoms with van der Waals surface area (Å²) in [6.07, 6.45) is 0.610. The lowest BCUT2D eigenvalue weighted by Crippen LogP contribution is -2.62. The summed E-state index contributed by atoms with van der Waals surface area (Å²) in [6.45, 7) is 15.8. The molecule has 0 amide bonds. The first-order chi connectivity index (χ1) is 17.2. The largest absolute Gasteiger partial charge is 0.366 e. The number of rotatable bonds is 4. The summed E-state index contributed by atoms with van der Waals surface area (Å²) in [5.74, 6) is -4.16. The first kappa shape index (κ1) is 26.5. The number of fused-ring (bicyclic) bond motifs is 4. The third kappa shape index (κ3) is 4.91. The van der Waals surface area contributed by atoms with E-state index < -0.39 is 47.4 Å². The van der Waals surface area contributed by atoms with Crippen LogP contribution in [0.2, 0.25) is 0 Å². The molecule has 6 saturated heterocycles. The van der Waals surface area contributed by atoms with Crippen LogP contribution in [0.1, 0.15) is 55.4 Å². The van der Waals surface area contributed by atoms with Crippen molar-refractivity contribution in [2.75, 3.05) is 19.8 Å². The van der Waals surface area contributed by atoms with Gasteiger partial charge in [-0.1, -0.05) is 12.2 Å². The molecular formula is C26H40O11. The molecule has 6 aliphatic heterocycles. The topological polar surface area (TPSA) is 102 Å². The zero-order chi connectivity index (χ0) is 26.4. The third-order valence-electron chi connectivity index (χ3n) is 7.37. The normalized spacial score (nSPS) is 48.9. The van der Waals surface area contributed by atoms with Crippen molar-refractivity contribution in [2.45, 2.75) is 133 Å². The Bertz CT molecular complexity index is 914. The van der Waals surface area contributed by atoms with Gasteiger partial charge < -0.3 is 52.1 Å². The second kappa shape index (κ2) is 8.65. The van der Waals surface area contributed by atoms with Gasteiger partial charge in [-0.25, -0.2) is 0 Å². The van der Waals surface area contributed by atoms with Crippen molar-refractivity contribution in [2.24, 2.45) is 0 Å². The first-order valence-electron chi connectivity index (χ1n) is 13.2. The molecule has 0 N–H and O–H groups in total. The SMILES string of the molecule is CC1(C)O[C@@H]2OC(/C=C/CO[C@H]3[C@@H]4OC(C)(C)O[C@@H]4CO[C@]34COC(C)(C)O4)[C@@H]3OC(C)(C)O[C@@H]3[C@H]2O1. The average Bonchev–Trinajstić information content (AvgIpc) is 3.45. The van der Waals surface area contributed by atoms with E-state index in [9.17, 15) is 0 Å². The van der Waals surface area contributed by atoms with Crippen molar-refractivity contribution in [3.63, 3.8) is 0 Å². The van der Waals surface area contributed by atoms with Gasteiger partial charge in [0.25, 0.3) is 0 Å². The summed E-state index contributed by atoms with van der Waals surface area (Å²) in [7, 11) is 0. The van der Waals surface area contributed by atoms with Crippen molar-refractivity contribution < 1.29 is 52.1 Å². The molecule has 0 saturated carbocycles. The first-order valence-corrected chi connectivity index (χ1v) is 13.2. The van der Waals surface area contributed by atoms with Crippen LogP contribution >= 0.6 is 0 Å². The zero-order valence-corrected chi connectivity index (χ0v) is 22.9. The second-order valence-corrected chi connectivity index (χ2v) is 12.4. The highest BCUT2D eigenvalue weighted by Gasteiger charge is 2.63. The van der Waals surface area contributed by atoms with Crippen molar-refractivity contribution in [3.05, 3.63) is 12.2 Å². The van der Waals surface area contributed by atoms with Crippen LogP contribution in [0.25, 0.3) is 0 Å². The summed E-state index contributed by atoms with van der Waals surface area (Å²) in [4.78, 5) is 0. The number of hydrogen-bond donors (Lipinski definition) is 0. The van der Waals surface area contributed by atoms with Gasteiger partial charge in [-0.15, -0.1) is 0 Å². The van der Waals surface area contributed by atoms with Gasteiger partial charge in [0.15, 0.2) is 29.4 Å². The fourth-order valence-corrected chi connectivity index (χ4v) is 6.13. The van der Waals surface area contributed by atoms with Gasteiger partial charge in [0.1, 0.15) is 49.3 Å². The van der Waals surface area contributed by atoms with Crippen molar-refractivity contribution in [3.8, 4) is 0 Å². The molecule has 0 bridgehead atoms. The van der Waals surface area contributed by atoms with E-state index in [1.807, 2.05) is 67.5 Å². The lowest BCUT2D eigenvalue weighted by Gasteiger charge is -2.43. The van der Waals surface area contributed by atoms with Crippen LogP contribution in [-0.2, 0) is 52.1 Å². The van der Waals surface area contributed by atoms with Crippen LogP contribution in [0, 0.1) is 0 Å². The van der Waals surface area contributed by atoms with Crippen LogP contribution in [0.5, 0.6) is 0 Å². The minimum atomic E-state index is -1.09. The molecule has 11 nitrogen and oxygen atoms in total. The highest BCUT2D eigenvalue weighted by Crippen LogP contribution is 2.46. The quantitative estimate of drug-likeness (QED) is 0.503. The number of hydrogen-bond acceptors (Lipinski definition) is 11. The highest BCUT2D eigenvalue weighted by atomic mass is 16.9. The lowest BCUT2D eigenvalue weighted by atomic mass is 9.97. The Hall–Kier alpha value is -0.700. The van der Waals surface area contributed by atoms with Crippen LogP contribution in [0.3, 0.4) is 0 Å². The minimum absolute atomic E-state index is 0.229. The Morgan fingerprint density at radius 3 is 2.08 bits per heavy atom. The molecule has 210 valence electrons. The Labute approximate surface area is 217 Å². The monoisotopic (exact) mass is 528 g/mol. The lowest BCUT2D eigenvalue weighted by molar-refractivity contribution is -0.332. The smallest absolute Gasteiger partial charge is 0.224 e. The molecule has 6 rings (SSSR count). The van der Waals surface area contributed by atoms with Crippen LogP contribution < -0.4 is 0 Å². The molecule has 1 spiro atoms. The van der Waals surface area contributed by atoms with Crippen molar-refractivity contribution in [1.82, 2.24) is 0 Å². The van der Waals surface area contributed by atoms with E-state index in [0.717, 1.165) is 0 Å². The molecule has 0 aromatic rings. The maximum Gasteiger partial charge on any atom is 0.224 e. The Balaban J connectivity index is 1.17. The number of ether oxygens (including phenoxy) is 11. The Kier molecular flexibility index (Phi) is 6.20. The van der Waals surface area contributed by atoms with Gasteiger partial charge in [-0.2, -0.15) is 0 Å². The molecule has 11 heteroatoms. The molecule has 37 heavy (non-hydrogen) atoms. The van der Waals surface area contributed by atoms with Gasteiger partial charge in [-0.05, 0) is 55.4 Å². The standard InChI is InChI=1S/C26H40O11/c1-22(2)29-13-26(37-22)20(17-15(12-28-26)31-23(3,4)33-17)27-11-9-10-14-16-18(34-24(5,6)32-16)19-21(30-14)36-25(7,8)35-19/h9-10,14-21H,11-13H2,1-8H3/b10-9+/t14?,15-,16+,17-,18+,19-,20+,21+,26+/m1/s1. The summed E-state index contributed by atoms with van der Waals surface area (Å²) in [5.41, 5.74) is 0. The molecule has 9 atom stereocenters. The molecule has 1 unspecified atom stereocenters. The minimum Gasteiger partial charge on any atom is -0.366 e. The summed E-state index contributed by atoms with van der Waals surface area (Å²) < 4.78 is 67.7. The maximum atomic E-state index is 6.38. The zero-order valence-electron chi connectivity index (χ0n) is 22.9. The Morgan fingerprint density at radius 1 is 0.703 bits per heavy atom. The van der Waals surface area contributed by atoms with Crippen LogP contribution in [0.4, 0.5) is 0 Å². The van der Waals surface area contributed by atoms with E-state index >= 15 is 0 Å². The second-order valence-electron chi connectivity index (χ2n) is 12.4. The molecule has 6 fully saturated rings. The molecule has 0 aromatic heterocycles. The molecule has 0 aromatic carbocycles. The van der Waals surface area contributed by atoms with E-state index in [0.29, 0.717) is 6.61 Å². The van der Waals surface area contributed by atoms with E-state index in [-0.39, 0.29) is 43.7 Å². The summed E-state index contributed by atoms with van der Waals surface area (Å²) in [6, 6.07) is 0. The molecular weight excluding hydrogens is 488 g/mol. The summed E-state index contributed by atoms with van der Waals surface area (Å²) in [5, 5.41) is 0. The maximum absolute atomic E-state index is 6.38. The van der Waals surface area contributed by atoms with E-state index in [1.165, 1.54) is 0 Å². The van der Waals surface area contributed by atoms with Gasteiger partial charge in [0.05, 0.1) is 13.2 Å². The molecule has 0 aliphatic carbocycles. The molecule has 6 heterocycles. The van der Waals surface area contributed by atoms with Gasteiger partial charge in [0.2, 0.25) is 5.79 Å². The Morgan fingerprint density at radius 2 is 1.35 bits per heavy atom. The average molecular weight is 529 g/mol. The molecule has 6 aliphatic rings. The fraction of sp³-hybridized carbons (Fsp3) is 0.923. The third-order valence-corrected chi connectivity index (χ3v) is 7.37. The fourth-order valence-electron chi connectivity index (χ4n) is 6.13. The van der Waals surface area contributed by atoms with E-state index in [4.69, 9.17) is 52.1 Å². The van der Waals surface area contributed by atoms with Crippen LogP contribution in [-0.4, -0.2) is 97.8 Å². The highest BCUT2D eigenvalue weighted by molar-refractivity contribution is 5.08. The van der Waals surface area contributed by atoms with Crippen molar-refractivity contribution >= 4 is 0 Å². The van der Waals surface area contributed by atoms with E-state index in [1.54, 1.807) is 0 Å². The van der Waals surface area contributed by atoms with Crippen LogP contribution in [0.15, 0.2) is 12.2 Å². The van der Waals surface area contributed by atoms with Gasteiger partial charge >= 0.3 is 0 Å². The predicted molar refractivity (Wildman–Crippen MR) is 125 cm³/mol. The van der Waals surface area contributed by atoms with Gasteiger partial charge in [-0.3, -0.25) is 0 Å².